The van der Waals surface area contributed by atoms with Crippen LogP contribution in [0.3, 0.4) is 0 Å². The maximum Gasteiger partial charge on any atom is 0.303 e. The van der Waals surface area contributed by atoms with Gasteiger partial charge in [0.2, 0.25) is 0 Å². The molecule has 2 rings (SSSR count). The van der Waals surface area contributed by atoms with E-state index in [1.54, 1.807) is 11.8 Å². The van der Waals surface area contributed by atoms with Crippen LogP contribution in [0, 0.1) is 5.41 Å². The van der Waals surface area contributed by atoms with Gasteiger partial charge in [0, 0.05) is 40.9 Å². The smallest absolute Gasteiger partial charge is 0.303 e. The Balaban J connectivity index is 2.08. The molecule has 2 aromatic carbocycles. The standard InChI is InChI=1S/C19H21ClN2O2S2/c1-13(23)24-12-26-17-7-8-18(20)14(9-17)10-19(21)22(2)15-5-4-6-16(11-15)25-3/h4-9,11,21H,10,12H2,1-3H3. The summed E-state index contributed by atoms with van der Waals surface area (Å²) in [5.41, 5.74) is 1.84. The van der Waals surface area contributed by atoms with Crippen molar-refractivity contribution >= 4 is 52.6 Å². The van der Waals surface area contributed by atoms with E-state index in [0.717, 1.165) is 21.0 Å². The van der Waals surface area contributed by atoms with Gasteiger partial charge in [-0.3, -0.25) is 10.2 Å². The van der Waals surface area contributed by atoms with Gasteiger partial charge in [0.1, 0.15) is 11.8 Å². The molecule has 1 N–H and O–H groups in total. The van der Waals surface area contributed by atoms with Crippen molar-refractivity contribution in [2.75, 3.05) is 24.1 Å². The molecule has 0 heterocycles. The van der Waals surface area contributed by atoms with Crippen LogP contribution in [-0.2, 0) is 16.0 Å². The van der Waals surface area contributed by atoms with Gasteiger partial charge in [-0.25, -0.2) is 0 Å². The number of nitrogens with one attached hydrogen (secondary N) is 1. The first kappa shape index (κ1) is 20.7. The number of carbonyl (C=O) groups excluding carboxylic acids is 1. The number of anilines is 1. The lowest BCUT2D eigenvalue weighted by Gasteiger charge is -2.21. The van der Waals surface area contributed by atoms with E-state index in [1.165, 1.54) is 18.7 Å². The maximum absolute atomic E-state index is 10.9. The number of carbonyl (C=O) groups is 1. The summed E-state index contributed by atoms with van der Waals surface area (Å²) in [5.74, 6) is 0.407. The van der Waals surface area contributed by atoms with Gasteiger partial charge in [-0.1, -0.05) is 29.4 Å². The molecule has 0 amide bonds. The Morgan fingerprint density at radius 2 is 2.00 bits per heavy atom. The topological polar surface area (TPSA) is 53.4 Å². The second-order valence-electron chi connectivity index (χ2n) is 5.54. The van der Waals surface area contributed by atoms with Gasteiger partial charge >= 0.3 is 5.97 Å². The lowest BCUT2D eigenvalue weighted by molar-refractivity contribution is -0.138. The van der Waals surface area contributed by atoms with Crippen LogP contribution in [0.1, 0.15) is 12.5 Å². The number of amidine groups is 1. The molecule has 0 bridgehead atoms. The van der Waals surface area contributed by atoms with Crippen LogP contribution < -0.4 is 4.90 Å². The highest BCUT2D eigenvalue weighted by atomic mass is 35.5. The number of thioether (sulfide) groups is 2. The summed E-state index contributed by atoms with van der Waals surface area (Å²) in [5, 5.41) is 9.07. The van der Waals surface area contributed by atoms with Crippen molar-refractivity contribution in [3.8, 4) is 0 Å². The highest BCUT2D eigenvalue weighted by Crippen LogP contribution is 2.27. The quantitative estimate of drug-likeness (QED) is 0.220. The van der Waals surface area contributed by atoms with Crippen LogP contribution in [0.4, 0.5) is 5.69 Å². The Labute approximate surface area is 167 Å². The average molecular weight is 409 g/mol. The number of benzene rings is 2. The predicted molar refractivity (Wildman–Crippen MR) is 112 cm³/mol. The summed E-state index contributed by atoms with van der Waals surface area (Å²) in [6.07, 6.45) is 2.45. The van der Waals surface area contributed by atoms with Gasteiger partial charge in [-0.05, 0) is 48.2 Å². The minimum Gasteiger partial charge on any atom is -0.454 e. The third-order valence-corrected chi connectivity index (χ3v) is 5.63. The molecule has 0 aliphatic rings. The number of hydrogen-bond donors (Lipinski definition) is 1. The minimum atomic E-state index is -0.303. The molecule has 4 nitrogen and oxygen atoms in total. The summed E-state index contributed by atoms with van der Waals surface area (Å²) in [6, 6.07) is 13.7. The lowest BCUT2D eigenvalue weighted by atomic mass is 10.1. The lowest BCUT2D eigenvalue weighted by Crippen LogP contribution is -2.27. The van der Waals surface area contributed by atoms with E-state index in [-0.39, 0.29) is 11.9 Å². The van der Waals surface area contributed by atoms with Crippen molar-refractivity contribution in [2.45, 2.75) is 23.1 Å². The third-order valence-electron chi connectivity index (χ3n) is 3.71. The SMILES string of the molecule is CSc1cccc(N(C)C(=N)Cc2cc(SCOC(C)=O)ccc2Cl)c1. The van der Waals surface area contributed by atoms with Crippen LogP contribution in [0.2, 0.25) is 5.02 Å². The highest BCUT2D eigenvalue weighted by Gasteiger charge is 2.12. The molecule has 138 valence electrons. The molecule has 0 aromatic heterocycles. The normalized spacial score (nSPS) is 10.5. The van der Waals surface area contributed by atoms with E-state index in [9.17, 15) is 4.79 Å². The molecule has 7 heteroatoms. The fourth-order valence-corrected chi connectivity index (χ4v) is 3.62. The zero-order chi connectivity index (χ0) is 19.1. The second kappa shape index (κ2) is 9.90. The van der Waals surface area contributed by atoms with E-state index in [1.807, 2.05) is 54.6 Å². The second-order valence-corrected chi connectivity index (χ2v) is 7.82. The zero-order valence-electron chi connectivity index (χ0n) is 14.9. The van der Waals surface area contributed by atoms with Crippen molar-refractivity contribution in [3.63, 3.8) is 0 Å². The van der Waals surface area contributed by atoms with Crippen LogP contribution in [0.25, 0.3) is 0 Å². The molecular weight excluding hydrogens is 388 g/mol. The molecule has 0 radical (unpaired) electrons. The number of likely N-dealkylation sites (N-methyl/N-ethyl adjacent to an activating group) is 1. The van der Waals surface area contributed by atoms with Crippen molar-refractivity contribution < 1.29 is 9.53 Å². The number of hydrogen-bond acceptors (Lipinski definition) is 5. The average Bonchev–Trinajstić information content (AvgIpc) is 2.63. The molecule has 0 aliphatic heterocycles. The van der Waals surface area contributed by atoms with Crippen LogP contribution >= 0.6 is 35.1 Å². The Kier molecular flexibility index (Phi) is 7.87. The number of esters is 1. The van der Waals surface area contributed by atoms with Gasteiger partial charge in [-0.15, -0.1) is 11.8 Å². The van der Waals surface area contributed by atoms with Crippen molar-refractivity contribution in [1.29, 1.82) is 5.41 Å². The van der Waals surface area contributed by atoms with Crippen molar-refractivity contribution in [2.24, 2.45) is 0 Å². The van der Waals surface area contributed by atoms with E-state index >= 15 is 0 Å². The van der Waals surface area contributed by atoms with Crippen LogP contribution in [0.5, 0.6) is 0 Å². The molecule has 0 atom stereocenters. The number of rotatable bonds is 7. The third kappa shape index (κ3) is 5.97. The first-order valence-electron chi connectivity index (χ1n) is 7.90. The number of ether oxygens (including phenoxy) is 1. The first-order valence-corrected chi connectivity index (χ1v) is 10.5. The molecule has 0 unspecified atom stereocenters. The van der Waals surface area contributed by atoms with E-state index in [4.69, 9.17) is 21.7 Å². The monoisotopic (exact) mass is 408 g/mol. The molecule has 0 saturated carbocycles. The number of halogens is 1. The Hall–Kier alpha value is -1.63. The Morgan fingerprint density at radius 1 is 1.23 bits per heavy atom. The molecule has 0 saturated heterocycles. The minimum absolute atomic E-state index is 0.259. The summed E-state index contributed by atoms with van der Waals surface area (Å²) >= 11 is 9.40. The molecule has 0 fully saturated rings. The van der Waals surface area contributed by atoms with Crippen LogP contribution in [-0.4, -0.2) is 31.0 Å². The van der Waals surface area contributed by atoms with E-state index < -0.39 is 0 Å². The molecule has 26 heavy (non-hydrogen) atoms. The van der Waals surface area contributed by atoms with Gasteiger partial charge < -0.3 is 9.64 Å². The van der Waals surface area contributed by atoms with Gasteiger partial charge in [0.05, 0.1) is 0 Å². The van der Waals surface area contributed by atoms with E-state index in [2.05, 4.69) is 6.07 Å². The predicted octanol–water partition coefficient (Wildman–Crippen LogP) is 5.33. The van der Waals surface area contributed by atoms with Gasteiger partial charge in [-0.2, -0.15) is 0 Å². The van der Waals surface area contributed by atoms with E-state index in [0.29, 0.717) is 17.3 Å². The zero-order valence-corrected chi connectivity index (χ0v) is 17.3. The molecule has 0 spiro atoms. The maximum atomic E-state index is 10.9. The Bertz CT molecular complexity index is 799. The molecule has 2 aromatic rings. The Morgan fingerprint density at radius 3 is 2.69 bits per heavy atom. The largest absolute Gasteiger partial charge is 0.454 e. The van der Waals surface area contributed by atoms with Gasteiger partial charge in [0.15, 0.2) is 0 Å². The molecule has 0 aliphatic carbocycles. The van der Waals surface area contributed by atoms with Crippen molar-refractivity contribution in [1.82, 2.24) is 0 Å². The summed E-state index contributed by atoms with van der Waals surface area (Å²) < 4.78 is 4.95. The first-order chi connectivity index (χ1) is 12.4. The fraction of sp³-hybridized carbons (Fsp3) is 0.263. The van der Waals surface area contributed by atoms with Crippen molar-refractivity contribution in [3.05, 3.63) is 53.1 Å². The molecular formula is C19H21ClN2O2S2. The fourth-order valence-electron chi connectivity index (χ4n) is 2.23. The van der Waals surface area contributed by atoms with Crippen LogP contribution in [0.15, 0.2) is 52.3 Å². The summed E-state index contributed by atoms with van der Waals surface area (Å²) in [4.78, 5) is 14.8. The van der Waals surface area contributed by atoms with Gasteiger partial charge in [0.25, 0.3) is 0 Å². The highest BCUT2D eigenvalue weighted by molar-refractivity contribution is 7.99. The summed E-state index contributed by atoms with van der Waals surface area (Å²) in [7, 11) is 1.88. The summed E-state index contributed by atoms with van der Waals surface area (Å²) in [6.45, 7) is 1.39. The number of nitrogens with zero attached hydrogens (tertiary/aromatic N) is 1.